The number of aromatic hydroxyl groups is 2. The monoisotopic (exact) mass is 276 g/mol. The maximum absolute atomic E-state index is 10.7. The lowest BCUT2D eigenvalue weighted by Crippen LogP contribution is -2.18. The zero-order valence-electron chi connectivity index (χ0n) is 10.2. The molecule has 0 bridgehead atoms. The molecule has 1 aromatic carbocycles. The molecule has 18 heavy (non-hydrogen) atoms. The fourth-order valence-electron chi connectivity index (χ4n) is 1.54. The maximum Gasteiger partial charge on any atom is 0.314 e. The molecule has 7 heteroatoms. The highest BCUT2D eigenvalue weighted by atomic mass is 35.5. The highest BCUT2D eigenvalue weighted by Gasteiger charge is 2.22. The second-order valence-electron chi connectivity index (χ2n) is 4.08. The quantitative estimate of drug-likeness (QED) is 0.444. The molecule has 0 aromatic heterocycles. The molecule has 2 atom stereocenters. The minimum Gasteiger partial charge on any atom is -0.504 e. The Bertz CT molecular complexity index is 439. The molecule has 0 saturated heterocycles. The average molecular weight is 277 g/mol. The van der Waals surface area contributed by atoms with Crippen molar-refractivity contribution >= 4 is 18.1 Å². The van der Waals surface area contributed by atoms with Gasteiger partial charge in [0.2, 0.25) is 5.75 Å². The summed E-state index contributed by atoms with van der Waals surface area (Å²) >= 11 is 0. The summed E-state index contributed by atoms with van der Waals surface area (Å²) in [5, 5.41) is 29.4. The molecule has 0 heterocycles. The summed E-state index contributed by atoms with van der Waals surface area (Å²) in [6.45, 7) is 3.87. The van der Waals surface area contributed by atoms with Gasteiger partial charge < -0.3 is 15.9 Å². The summed E-state index contributed by atoms with van der Waals surface area (Å²) in [6.07, 6.45) is 0.816. The van der Waals surface area contributed by atoms with Crippen LogP contribution in [0.5, 0.6) is 11.5 Å². The molecule has 1 unspecified atom stereocenters. The first-order valence-corrected chi connectivity index (χ1v) is 5.34. The van der Waals surface area contributed by atoms with Gasteiger partial charge in [-0.1, -0.05) is 20.3 Å². The first-order chi connectivity index (χ1) is 7.88. The van der Waals surface area contributed by atoms with Crippen molar-refractivity contribution in [1.82, 2.24) is 0 Å². The zero-order chi connectivity index (χ0) is 13.2. The second kappa shape index (κ2) is 6.42. The van der Waals surface area contributed by atoms with E-state index in [1.807, 2.05) is 13.8 Å². The van der Waals surface area contributed by atoms with Gasteiger partial charge in [0.15, 0.2) is 5.75 Å². The summed E-state index contributed by atoms with van der Waals surface area (Å²) in [4.78, 5) is 9.93. The minimum atomic E-state index is -0.748. The lowest BCUT2D eigenvalue weighted by molar-refractivity contribution is -0.386. The minimum absolute atomic E-state index is 0. The Morgan fingerprint density at radius 2 is 2.00 bits per heavy atom. The number of hydrogen-bond acceptors (Lipinski definition) is 5. The van der Waals surface area contributed by atoms with Crippen LogP contribution in [0, 0.1) is 16.0 Å². The highest BCUT2D eigenvalue weighted by molar-refractivity contribution is 5.85. The average Bonchev–Trinajstić information content (AvgIpc) is 2.30. The number of hydrogen-bond donors (Lipinski definition) is 3. The van der Waals surface area contributed by atoms with Crippen LogP contribution in [0.1, 0.15) is 31.9 Å². The molecule has 102 valence electrons. The van der Waals surface area contributed by atoms with Gasteiger partial charge in [-0.2, -0.15) is 0 Å². The fourth-order valence-corrected chi connectivity index (χ4v) is 1.54. The van der Waals surface area contributed by atoms with Gasteiger partial charge >= 0.3 is 5.69 Å². The van der Waals surface area contributed by atoms with Crippen LogP contribution >= 0.6 is 12.4 Å². The van der Waals surface area contributed by atoms with Gasteiger partial charge in [0.25, 0.3) is 0 Å². The van der Waals surface area contributed by atoms with E-state index in [0.717, 1.165) is 6.42 Å². The summed E-state index contributed by atoms with van der Waals surface area (Å²) < 4.78 is 0. The Labute approximate surface area is 111 Å². The summed E-state index contributed by atoms with van der Waals surface area (Å²) in [6, 6.07) is 2.05. The number of nitro benzene ring substituents is 1. The largest absolute Gasteiger partial charge is 0.504 e. The molecule has 6 nitrogen and oxygen atoms in total. The predicted octanol–water partition coefficient (Wildman–Crippen LogP) is 2.47. The molecule has 0 saturated carbocycles. The van der Waals surface area contributed by atoms with Gasteiger partial charge in [-0.05, 0) is 17.5 Å². The van der Waals surface area contributed by atoms with Gasteiger partial charge in [0.1, 0.15) is 0 Å². The first-order valence-electron chi connectivity index (χ1n) is 5.34. The van der Waals surface area contributed by atoms with Crippen LogP contribution in [0.15, 0.2) is 12.1 Å². The SMILES string of the molecule is CCC(C)[C@@H](N)c1cc(O)c(O)c([N+](=O)[O-])c1.Cl. The van der Waals surface area contributed by atoms with Gasteiger partial charge in [-0.15, -0.1) is 12.4 Å². The highest BCUT2D eigenvalue weighted by Crippen LogP contribution is 2.38. The van der Waals surface area contributed by atoms with Crippen molar-refractivity contribution in [3.63, 3.8) is 0 Å². The van der Waals surface area contributed by atoms with E-state index in [1.165, 1.54) is 12.1 Å². The number of phenolic OH excluding ortho intramolecular Hbond substituents is 2. The molecule has 0 amide bonds. The second-order valence-corrected chi connectivity index (χ2v) is 4.08. The van der Waals surface area contributed by atoms with E-state index in [1.54, 1.807) is 0 Å². The molecule has 0 aliphatic heterocycles. The third kappa shape index (κ3) is 3.24. The van der Waals surface area contributed by atoms with Gasteiger partial charge in [0, 0.05) is 12.1 Å². The smallest absolute Gasteiger partial charge is 0.314 e. The molecule has 4 N–H and O–H groups in total. The third-order valence-corrected chi connectivity index (χ3v) is 2.93. The van der Waals surface area contributed by atoms with Gasteiger partial charge in [-0.25, -0.2) is 0 Å². The topological polar surface area (TPSA) is 110 Å². The summed E-state index contributed by atoms with van der Waals surface area (Å²) in [5.74, 6) is -1.12. The third-order valence-electron chi connectivity index (χ3n) is 2.93. The van der Waals surface area contributed by atoms with E-state index in [4.69, 9.17) is 5.73 Å². The Hall–Kier alpha value is -1.53. The number of benzene rings is 1. The lowest BCUT2D eigenvalue weighted by atomic mass is 9.93. The molecule has 0 spiro atoms. The number of rotatable bonds is 4. The molecule has 0 radical (unpaired) electrons. The van der Waals surface area contributed by atoms with Crippen molar-refractivity contribution in [3.8, 4) is 11.5 Å². The van der Waals surface area contributed by atoms with Crippen LogP contribution in [-0.4, -0.2) is 15.1 Å². The number of nitrogens with zero attached hydrogens (tertiary/aromatic N) is 1. The summed E-state index contributed by atoms with van der Waals surface area (Å²) in [7, 11) is 0. The number of nitro groups is 1. The zero-order valence-corrected chi connectivity index (χ0v) is 11.0. The van der Waals surface area contributed by atoms with Gasteiger partial charge in [-0.3, -0.25) is 10.1 Å². The standard InChI is InChI=1S/C11H16N2O4.ClH/c1-3-6(2)10(12)7-4-8(13(16)17)11(15)9(14)5-7;/h4-6,10,14-15H,3,12H2,1-2H3;1H/t6?,10-;/m1./s1. The predicted molar refractivity (Wildman–Crippen MR) is 70.1 cm³/mol. The van der Waals surface area contributed by atoms with Crippen molar-refractivity contribution in [2.75, 3.05) is 0 Å². The van der Waals surface area contributed by atoms with E-state index >= 15 is 0 Å². The molecule has 0 aliphatic carbocycles. The van der Waals surface area contributed by atoms with Crippen molar-refractivity contribution in [3.05, 3.63) is 27.8 Å². The maximum atomic E-state index is 10.7. The van der Waals surface area contributed by atoms with Crippen molar-refractivity contribution in [2.45, 2.75) is 26.3 Å². The molecule has 1 rings (SSSR count). The number of halogens is 1. The fraction of sp³-hybridized carbons (Fsp3) is 0.455. The van der Waals surface area contributed by atoms with Crippen molar-refractivity contribution < 1.29 is 15.1 Å². The van der Waals surface area contributed by atoms with Crippen LogP contribution in [0.2, 0.25) is 0 Å². The molecule has 0 aliphatic rings. The van der Waals surface area contributed by atoms with Crippen molar-refractivity contribution in [2.24, 2.45) is 11.7 Å². The molecule has 1 aromatic rings. The first kappa shape index (κ1) is 16.5. The Balaban J connectivity index is 0.00000289. The molecular weight excluding hydrogens is 260 g/mol. The van der Waals surface area contributed by atoms with Crippen LogP contribution < -0.4 is 5.73 Å². The number of nitrogens with two attached hydrogens (primary N) is 1. The van der Waals surface area contributed by atoms with Crippen molar-refractivity contribution in [1.29, 1.82) is 0 Å². The van der Waals surface area contributed by atoms with E-state index < -0.39 is 28.2 Å². The molecule has 0 fully saturated rings. The van der Waals surface area contributed by atoms with Crippen LogP contribution in [0.4, 0.5) is 5.69 Å². The normalized spacial score (nSPS) is 13.5. The van der Waals surface area contributed by atoms with Crippen LogP contribution in [-0.2, 0) is 0 Å². The van der Waals surface area contributed by atoms with E-state index in [2.05, 4.69) is 0 Å². The van der Waals surface area contributed by atoms with Gasteiger partial charge in [0.05, 0.1) is 4.92 Å². The number of phenols is 2. The summed E-state index contributed by atoms with van der Waals surface area (Å²) in [5.41, 5.74) is 5.84. The Kier molecular flexibility index (Phi) is 5.87. The van der Waals surface area contributed by atoms with E-state index in [-0.39, 0.29) is 18.3 Å². The van der Waals surface area contributed by atoms with E-state index in [0.29, 0.717) is 5.56 Å². The molecular formula is C11H17ClN2O4. The van der Waals surface area contributed by atoms with E-state index in [9.17, 15) is 20.3 Å². The lowest BCUT2D eigenvalue weighted by Gasteiger charge is -2.18. The van der Waals surface area contributed by atoms with Crippen LogP contribution in [0.3, 0.4) is 0 Å². The Morgan fingerprint density at radius 1 is 1.44 bits per heavy atom. The van der Waals surface area contributed by atoms with Crippen LogP contribution in [0.25, 0.3) is 0 Å². The Morgan fingerprint density at radius 3 is 2.44 bits per heavy atom.